The van der Waals surface area contributed by atoms with Crippen LogP contribution in [-0.4, -0.2) is 47.5 Å². The first-order valence-electron chi connectivity index (χ1n) is 10.7. The number of anilines is 1. The number of carbonyl (C=O) groups excluding carboxylic acids is 1. The Morgan fingerprint density at radius 3 is 2.42 bits per heavy atom. The smallest absolute Gasteiger partial charge is 0.253 e. The largest absolute Gasteiger partial charge is 0.378 e. The Balaban J connectivity index is 1.52. The summed E-state index contributed by atoms with van der Waals surface area (Å²) in [4.78, 5) is 33.9. The third-order valence-electron chi connectivity index (χ3n) is 6.50. The van der Waals surface area contributed by atoms with Crippen LogP contribution in [0.2, 0.25) is 0 Å². The first kappa shape index (κ1) is 19.5. The van der Waals surface area contributed by atoms with Gasteiger partial charge in [0.25, 0.3) is 11.5 Å². The van der Waals surface area contributed by atoms with Crippen LogP contribution in [-0.2, 0) is 6.54 Å². The molecule has 5 rings (SSSR count). The molecule has 2 atom stereocenters. The summed E-state index contributed by atoms with van der Waals surface area (Å²) < 4.78 is 1.95. The normalized spacial score (nSPS) is 19.6. The standard InChI is InChI=1S/C25H26N4O2/c1-27(2)21-5-3-18(4-6-21)22-7-8-23(30)29-15-17-13-20(24(22)29)16-28(14-17)25(31)19-9-11-26-12-10-19/h3-12,17,20H,13-16H2,1-2H3/t17-,20+/m0/s1. The monoisotopic (exact) mass is 414 g/mol. The minimum absolute atomic E-state index is 0.0423. The molecule has 1 aromatic carbocycles. The van der Waals surface area contributed by atoms with Gasteiger partial charge in [0.1, 0.15) is 0 Å². The van der Waals surface area contributed by atoms with Crippen molar-refractivity contribution in [2.75, 3.05) is 32.1 Å². The SMILES string of the molecule is CN(C)c1ccc(-c2ccc(=O)n3c2[C@@H]2C[C@@H](CN(C(=O)c4ccncc4)C2)C3)cc1. The molecule has 0 unspecified atom stereocenters. The molecule has 0 aliphatic carbocycles. The van der Waals surface area contributed by atoms with Crippen LogP contribution >= 0.6 is 0 Å². The minimum atomic E-state index is 0.0423. The number of rotatable bonds is 3. The molecule has 2 bridgehead atoms. The third kappa shape index (κ3) is 3.52. The second-order valence-corrected chi connectivity index (χ2v) is 8.77. The van der Waals surface area contributed by atoms with E-state index in [2.05, 4.69) is 34.1 Å². The van der Waals surface area contributed by atoms with Gasteiger partial charge < -0.3 is 14.4 Å². The average Bonchev–Trinajstić information content (AvgIpc) is 2.80. The molecule has 6 nitrogen and oxygen atoms in total. The predicted octanol–water partition coefficient (Wildman–Crippen LogP) is 3.24. The van der Waals surface area contributed by atoms with E-state index >= 15 is 0 Å². The Morgan fingerprint density at radius 1 is 0.968 bits per heavy atom. The van der Waals surface area contributed by atoms with Crippen LogP contribution in [0.1, 0.15) is 28.4 Å². The van der Waals surface area contributed by atoms with E-state index in [1.807, 2.05) is 29.6 Å². The fourth-order valence-electron chi connectivity index (χ4n) is 5.04. The van der Waals surface area contributed by atoms with Gasteiger partial charge in [0.05, 0.1) is 0 Å². The van der Waals surface area contributed by atoms with Crippen LogP contribution in [0.5, 0.6) is 0 Å². The highest BCUT2D eigenvalue weighted by atomic mass is 16.2. The zero-order chi connectivity index (χ0) is 21.5. The molecular weight excluding hydrogens is 388 g/mol. The highest BCUT2D eigenvalue weighted by Gasteiger charge is 2.38. The number of benzene rings is 1. The number of hydrogen-bond acceptors (Lipinski definition) is 4. The van der Waals surface area contributed by atoms with Gasteiger partial charge in [0.15, 0.2) is 0 Å². The first-order chi connectivity index (χ1) is 15.0. The molecule has 2 aromatic heterocycles. The number of piperidine rings is 1. The quantitative estimate of drug-likeness (QED) is 0.660. The van der Waals surface area contributed by atoms with E-state index in [0.717, 1.165) is 28.9 Å². The molecule has 158 valence electrons. The van der Waals surface area contributed by atoms with Crippen LogP contribution in [0.15, 0.2) is 65.7 Å². The maximum atomic E-state index is 13.1. The lowest BCUT2D eigenvalue weighted by molar-refractivity contribution is 0.0595. The number of nitrogens with zero attached hydrogens (tertiary/aromatic N) is 4. The number of pyridine rings is 2. The van der Waals surface area contributed by atoms with Crippen molar-refractivity contribution >= 4 is 11.6 Å². The Labute approximate surface area is 181 Å². The van der Waals surface area contributed by atoms with Crippen LogP contribution < -0.4 is 10.5 Å². The summed E-state index contributed by atoms with van der Waals surface area (Å²) in [5.74, 6) is 0.484. The lowest BCUT2D eigenvalue weighted by Gasteiger charge is -2.43. The molecule has 1 fully saturated rings. The van der Waals surface area contributed by atoms with Crippen molar-refractivity contribution in [2.24, 2.45) is 5.92 Å². The molecule has 6 heteroatoms. The van der Waals surface area contributed by atoms with Crippen molar-refractivity contribution in [1.82, 2.24) is 14.5 Å². The molecule has 2 aliphatic rings. The Bertz CT molecular complexity index is 1170. The number of carbonyl (C=O) groups is 1. The van der Waals surface area contributed by atoms with Crippen molar-refractivity contribution in [3.8, 4) is 11.1 Å². The molecule has 31 heavy (non-hydrogen) atoms. The van der Waals surface area contributed by atoms with Gasteiger partial charge in [-0.05, 0) is 48.2 Å². The Hall–Kier alpha value is -3.41. The molecule has 0 radical (unpaired) electrons. The van der Waals surface area contributed by atoms with Crippen LogP contribution in [0.4, 0.5) is 5.69 Å². The van der Waals surface area contributed by atoms with Gasteiger partial charge in [-0.2, -0.15) is 0 Å². The summed E-state index contributed by atoms with van der Waals surface area (Å²) in [6.45, 7) is 1.98. The van der Waals surface area contributed by atoms with Crippen molar-refractivity contribution < 1.29 is 4.79 Å². The summed E-state index contributed by atoms with van der Waals surface area (Å²) in [6, 6.07) is 15.6. The number of aromatic nitrogens is 2. The average molecular weight is 415 g/mol. The molecule has 0 spiro atoms. The maximum absolute atomic E-state index is 13.1. The summed E-state index contributed by atoms with van der Waals surface area (Å²) in [6.07, 6.45) is 4.32. The first-order valence-corrected chi connectivity index (χ1v) is 10.7. The molecular formula is C25H26N4O2. The van der Waals surface area contributed by atoms with Crippen LogP contribution in [0.25, 0.3) is 11.1 Å². The Kier molecular flexibility index (Phi) is 4.85. The number of likely N-dealkylation sites (tertiary alicyclic amines) is 1. The van der Waals surface area contributed by atoms with E-state index in [-0.39, 0.29) is 17.4 Å². The molecule has 1 saturated heterocycles. The van der Waals surface area contributed by atoms with Gasteiger partial charge in [0, 0.05) is 80.6 Å². The number of fused-ring (bicyclic) bond motifs is 4. The number of amides is 1. The van der Waals surface area contributed by atoms with E-state index in [9.17, 15) is 9.59 Å². The van der Waals surface area contributed by atoms with Crippen LogP contribution in [0.3, 0.4) is 0 Å². The summed E-state index contributed by atoms with van der Waals surface area (Å²) >= 11 is 0. The number of hydrogen-bond donors (Lipinski definition) is 0. The van der Waals surface area contributed by atoms with E-state index in [0.29, 0.717) is 31.1 Å². The second kappa shape index (κ2) is 7.69. The molecule has 4 heterocycles. The fraction of sp³-hybridized carbons (Fsp3) is 0.320. The van der Waals surface area contributed by atoms with Gasteiger partial charge in [-0.25, -0.2) is 0 Å². The van der Waals surface area contributed by atoms with Crippen LogP contribution in [0, 0.1) is 5.92 Å². The maximum Gasteiger partial charge on any atom is 0.253 e. The van der Waals surface area contributed by atoms with Gasteiger partial charge in [0.2, 0.25) is 0 Å². The zero-order valence-corrected chi connectivity index (χ0v) is 17.9. The summed E-state index contributed by atoms with van der Waals surface area (Å²) in [5.41, 5.74) is 5.11. The molecule has 0 N–H and O–H groups in total. The molecule has 1 amide bonds. The highest BCUT2D eigenvalue weighted by Crippen LogP contribution is 2.40. The molecule has 3 aromatic rings. The van der Waals surface area contributed by atoms with E-state index in [1.54, 1.807) is 30.6 Å². The molecule has 0 saturated carbocycles. The van der Waals surface area contributed by atoms with E-state index < -0.39 is 0 Å². The summed E-state index contributed by atoms with van der Waals surface area (Å²) in [7, 11) is 4.05. The molecule has 2 aliphatic heterocycles. The second-order valence-electron chi connectivity index (χ2n) is 8.77. The van der Waals surface area contributed by atoms with Crippen molar-refractivity contribution in [2.45, 2.75) is 18.9 Å². The van der Waals surface area contributed by atoms with Crippen molar-refractivity contribution in [3.63, 3.8) is 0 Å². The van der Waals surface area contributed by atoms with E-state index in [1.165, 1.54) is 0 Å². The van der Waals surface area contributed by atoms with E-state index in [4.69, 9.17) is 0 Å². The fourth-order valence-corrected chi connectivity index (χ4v) is 5.04. The lowest BCUT2D eigenvalue weighted by atomic mass is 9.80. The minimum Gasteiger partial charge on any atom is -0.378 e. The van der Waals surface area contributed by atoms with Gasteiger partial charge >= 0.3 is 0 Å². The lowest BCUT2D eigenvalue weighted by Crippen LogP contribution is -2.49. The van der Waals surface area contributed by atoms with Gasteiger partial charge in [-0.1, -0.05) is 12.1 Å². The van der Waals surface area contributed by atoms with Gasteiger partial charge in [-0.15, -0.1) is 0 Å². The Morgan fingerprint density at radius 2 is 1.71 bits per heavy atom. The van der Waals surface area contributed by atoms with Crippen molar-refractivity contribution in [1.29, 1.82) is 0 Å². The van der Waals surface area contributed by atoms with Gasteiger partial charge in [-0.3, -0.25) is 14.6 Å². The van der Waals surface area contributed by atoms with Crippen molar-refractivity contribution in [3.05, 3.63) is 82.5 Å². The third-order valence-corrected chi connectivity index (χ3v) is 6.50. The topological polar surface area (TPSA) is 58.4 Å². The predicted molar refractivity (Wildman–Crippen MR) is 121 cm³/mol. The highest BCUT2D eigenvalue weighted by molar-refractivity contribution is 5.94. The zero-order valence-electron chi connectivity index (χ0n) is 17.9. The summed E-state index contributed by atoms with van der Waals surface area (Å²) in [5, 5.41) is 0.